The lowest BCUT2D eigenvalue weighted by molar-refractivity contribution is 0.0451. The average molecular weight is 481 g/mol. The normalized spacial score (nSPS) is 15.6. The highest BCUT2D eigenvalue weighted by molar-refractivity contribution is 6.01. The molecule has 2 amide bonds. The van der Waals surface area contributed by atoms with Gasteiger partial charge in [0.15, 0.2) is 0 Å². The van der Waals surface area contributed by atoms with Crippen LogP contribution in [-0.2, 0) is 6.42 Å². The van der Waals surface area contributed by atoms with Crippen LogP contribution in [0.25, 0.3) is 16.9 Å². The standard InChI is InChI=1S/C29H28N4O3/c30-23-11-13-24(14-12-23)32-16-15-26(27(32)22-9-5-2-6-10-22)28(34)33-18-17-31(29(35)36)20-25(33)19-21-7-3-1-4-8-21/h1-16,25H,17-20,30H2,(H,35,36). The fraction of sp³-hybridized carbons (Fsp3) is 0.172. The molecule has 1 atom stereocenters. The summed E-state index contributed by atoms with van der Waals surface area (Å²) in [6, 6.07) is 28.8. The summed E-state index contributed by atoms with van der Waals surface area (Å²) in [7, 11) is 0. The van der Waals surface area contributed by atoms with E-state index >= 15 is 0 Å². The van der Waals surface area contributed by atoms with E-state index in [-0.39, 0.29) is 25.0 Å². The molecule has 4 aromatic rings. The number of carbonyl (C=O) groups is 2. The van der Waals surface area contributed by atoms with Crippen LogP contribution in [0.5, 0.6) is 0 Å². The summed E-state index contributed by atoms with van der Waals surface area (Å²) in [5, 5.41) is 9.62. The monoisotopic (exact) mass is 480 g/mol. The number of nitrogens with two attached hydrogens (primary N) is 1. The highest BCUT2D eigenvalue weighted by Crippen LogP contribution is 2.31. The van der Waals surface area contributed by atoms with Crippen molar-refractivity contribution < 1.29 is 14.7 Å². The molecule has 7 nitrogen and oxygen atoms in total. The second kappa shape index (κ2) is 10.00. The van der Waals surface area contributed by atoms with Crippen molar-refractivity contribution in [3.63, 3.8) is 0 Å². The van der Waals surface area contributed by atoms with E-state index in [1.165, 1.54) is 4.90 Å². The minimum atomic E-state index is -0.959. The van der Waals surface area contributed by atoms with Gasteiger partial charge in [-0.3, -0.25) is 4.79 Å². The van der Waals surface area contributed by atoms with E-state index in [2.05, 4.69) is 0 Å². The molecule has 1 aliphatic heterocycles. The van der Waals surface area contributed by atoms with Crippen molar-refractivity contribution in [2.75, 3.05) is 25.4 Å². The van der Waals surface area contributed by atoms with Crippen molar-refractivity contribution >= 4 is 17.7 Å². The van der Waals surface area contributed by atoms with Crippen molar-refractivity contribution in [1.82, 2.24) is 14.4 Å². The number of piperazine rings is 1. The quantitative estimate of drug-likeness (QED) is 0.403. The Morgan fingerprint density at radius 3 is 2.19 bits per heavy atom. The van der Waals surface area contributed by atoms with Crippen molar-refractivity contribution in [2.45, 2.75) is 12.5 Å². The molecule has 5 rings (SSSR count). The first-order valence-corrected chi connectivity index (χ1v) is 12.0. The van der Waals surface area contributed by atoms with Crippen molar-refractivity contribution in [3.8, 4) is 16.9 Å². The first-order valence-electron chi connectivity index (χ1n) is 12.0. The summed E-state index contributed by atoms with van der Waals surface area (Å²) in [5.41, 5.74) is 10.8. The molecular weight excluding hydrogens is 452 g/mol. The zero-order valence-corrected chi connectivity index (χ0v) is 19.8. The van der Waals surface area contributed by atoms with Gasteiger partial charge in [0.25, 0.3) is 5.91 Å². The SMILES string of the molecule is Nc1ccc(-n2ccc(C(=O)N3CCN(C(=O)O)CC3Cc3ccccc3)c2-c2ccccc2)cc1. The van der Waals surface area contributed by atoms with Gasteiger partial charge in [0.1, 0.15) is 0 Å². The van der Waals surface area contributed by atoms with Gasteiger partial charge in [-0.25, -0.2) is 4.79 Å². The Hall–Kier alpha value is -4.52. The molecule has 0 aliphatic carbocycles. The Morgan fingerprint density at radius 1 is 0.861 bits per heavy atom. The van der Waals surface area contributed by atoms with Gasteiger partial charge in [-0.1, -0.05) is 60.7 Å². The van der Waals surface area contributed by atoms with E-state index < -0.39 is 6.09 Å². The Bertz CT molecular complexity index is 1350. The molecule has 0 spiro atoms. The summed E-state index contributed by atoms with van der Waals surface area (Å²) >= 11 is 0. The van der Waals surface area contributed by atoms with Crippen LogP contribution >= 0.6 is 0 Å². The van der Waals surface area contributed by atoms with Gasteiger partial charge in [0, 0.05) is 37.2 Å². The van der Waals surface area contributed by atoms with Crippen LogP contribution < -0.4 is 5.73 Å². The predicted molar refractivity (Wildman–Crippen MR) is 140 cm³/mol. The van der Waals surface area contributed by atoms with Crippen molar-refractivity contribution in [1.29, 1.82) is 0 Å². The molecule has 182 valence electrons. The van der Waals surface area contributed by atoms with Crippen LogP contribution in [0.15, 0.2) is 97.2 Å². The number of hydrogen-bond donors (Lipinski definition) is 2. The second-order valence-electron chi connectivity index (χ2n) is 8.98. The molecular formula is C29H28N4O3. The van der Waals surface area contributed by atoms with Crippen LogP contribution in [0.3, 0.4) is 0 Å². The molecule has 36 heavy (non-hydrogen) atoms. The number of anilines is 1. The predicted octanol–water partition coefficient (Wildman–Crippen LogP) is 4.77. The van der Waals surface area contributed by atoms with Gasteiger partial charge in [-0.15, -0.1) is 0 Å². The van der Waals surface area contributed by atoms with Gasteiger partial charge in [-0.05, 0) is 47.9 Å². The zero-order valence-electron chi connectivity index (χ0n) is 19.8. The largest absolute Gasteiger partial charge is 0.465 e. The van der Waals surface area contributed by atoms with E-state index in [4.69, 9.17) is 5.73 Å². The highest BCUT2D eigenvalue weighted by Gasteiger charge is 2.34. The molecule has 0 saturated carbocycles. The van der Waals surface area contributed by atoms with Crippen molar-refractivity contribution in [3.05, 3.63) is 108 Å². The lowest BCUT2D eigenvalue weighted by Gasteiger charge is -2.40. The van der Waals surface area contributed by atoms with E-state index in [9.17, 15) is 14.7 Å². The number of aromatic nitrogens is 1. The van der Waals surface area contributed by atoms with Gasteiger partial charge in [0.2, 0.25) is 0 Å². The number of carbonyl (C=O) groups excluding carboxylic acids is 1. The molecule has 3 aromatic carbocycles. The number of carboxylic acid groups (broad SMARTS) is 1. The highest BCUT2D eigenvalue weighted by atomic mass is 16.4. The smallest absolute Gasteiger partial charge is 0.407 e. The van der Waals surface area contributed by atoms with E-state index in [1.54, 1.807) is 0 Å². The number of benzene rings is 3. The molecule has 1 fully saturated rings. The maximum Gasteiger partial charge on any atom is 0.407 e. The molecule has 3 N–H and O–H groups in total. The maximum absolute atomic E-state index is 14.1. The van der Waals surface area contributed by atoms with Gasteiger partial charge in [-0.2, -0.15) is 0 Å². The third kappa shape index (κ3) is 4.68. The third-order valence-corrected chi connectivity index (χ3v) is 6.66. The van der Waals surface area contributed by atoms with Crippen molar-refractivity contribution in [2.24, 2.45) is 0 Å². The lowest BCUT2D eigenvalue weighted by Crippen LogP contribution is -2.57. The maximum atomic E-state index is 14.1. The fourth-order valence-corrected chi connectivity index (χ4v) is 4.86. The van der Waals surface area contributed by atoms with Crippen LogP contribution in [0.4, 0.5) is 10.5 Å². The Kier molecular flexibility index (Phi) is 6.45. The number of nitrogen functional groups attached to an aromatic ring is 1. The van der Waals surface area contributed by atoms with Gasteiger partial charge >= 0.3 is 6.09 Å². The van der Waals surface area contributed by atoms with Crippen LogP contribution in [0.1, 0.15) is 15.9 Å². The lowest BCUT2D eigenvalue weighted by atomic mass is 10.00. The third-order valence-electron chi connectivity index (χ3n) is 6.66. The molecule has 1 unspecified atom stereocenters. The number of hydrogen-bond acceptors (Lipinski definition) is 3. The summed E-state index contributed by atoms with van der Waals surface area (Å²) in [4.78, 5) is 29.1. The topological polar surface area (TPSA) is 91.8 Å². The zero-order chi connectivity index (χ0) is 25.1. The van der Waals surface area contributed by atoms with Crippen LogP contribution in [-0.4, -0.2) is 57.1 Å². The first-order chi connectivity index (χ1) is 17.5. The number of nitrogens with zero attached hydrogens (tertiary/aromatic N) is 3. The summed E-state index contributed by atoms with van der Waals surface area (Å²) in [6.45, 7) is 0.894. The molecule has 2 heterocycles. The average Bonchev–Trinajstić information content (AvgIpc) is 3.35. The summed E-state index contributed by atoms with van der Waals surface area (Å²) in [6.07, 6.45) is 1.52. The molecule has 0 bridgehead atoms. The summed E-state index contributed by atoms with van der Waals surface area (Å²) in [5.74, 6) is -0.103. The van der Waals surface area contributed by atoms with Gasteiger partial charge in [0.05, 0.1) is 17.3 Å². The Labute approximate surface area is 210 Å². The summed E-state index contributed by atoms with van der Waals surface area (Å²) < 4.78 is 2.00. The molecule has 0 radical (unpaired) electrons. The molecule has 1 saturated heterocycles. The van der Waals surface area contributed by atoms with E-state index in [0.29, 0.717) is 24.2 Å². The Morgan fingerprint density at radius 2 is 1.53 bits per heavy atom. The minimum absolute atomic E-state index is 0.103. The number of rotatable bonds is 5. The van der Waals surface area contributed by atoms with Gasteiger partial charge < -0.3 is 25.2 Å². The van der Waals surface area contributed by atoms with E-state index in [1.807, 2.05) is 107 Å². The molecule has 1 aliphatic rings. The first kappa shape index (κ1) is 23.2. The van der Waals surface area contributed by atoms with Crippen LogP contribution in [0.2, 0.25) is 0 Å². The number of amides is 2. The molecule has 1 aromatic heterocycles. The Balaban J connectivity index is 1.54. The molecule has 7 heteroatoms. The van der Waals surface area contributed by atoms with Crippen LogP contribution in [0, 0.1) is 0 Å². The second-order valence-corrected chi connectivity index (χ2v) is 8.98. The van der Waals surface area contributed by atoms with E-state index in [0.717, 1.165) is 22.5 Å². The minimum Gasteiger partial charge on any atom is -0.465 e. The fourth-order valence-electron chi connectivity index (χ4n) is 4.86.